The third-order valence-electron chi connectivity index (χ3n) is 7.00. The fourth-order valence-electron chi connectivity index (χ4n) is 4.81. The van der Waals surface area contributed by atoms with Gasteiger partial charge in [0.1, 0.15) is 49.7 Å². The van der Waals surface area contributed by atoms with Crippen molar-refractivity contribution in [3.63, 3.8) is 0 Å². The molecule has 9 nitrogen and oxygen atoms in total. The van der Waals surface area contributed by atoms with Gasteiger partial charge in [-0.25, -0.2) is 13.4 Å². The van der Waals surface area contributed by atoms with Gasteiger partial charge in [0, 0.05) is 42.5 Å². The molecular weight excluding hydrogens is 607 g/mol. The maximum Gasteiger partial charge on any atom is 0.262 e. The van der Waals surface area contributed by atoms with E-state index in [9.17, 15) is 13.2 Å². The summed E-state index contributed by atoms with van der Waals surface area (Å²) in [6.07, 6.45) is 3.92. The molecule has 1 saturated heterocycles. The Labute approximate surface area is 252 Å². The Morgan fingerprint density at radius 2 is 1.93 bits per heavy atom. The van der Waals surface area contributed by atoms with Gasteiger partial charge in [0.25, 0.3) is 5.91 Å². The van der Waals surface area contributed by atoms with E-state index < -0.39 is 21.8 Å². The molecule has 1 aliphatic rings. The maximum absolute atomic E-state index is 12.3. The molecule has 4 aromatic rings. The van der Waals surface area contributed by atoms with Crippen molar-refractivity contribution >= 4 is 61.3 Å². The van der Waals surface area contributed by atoms with E-state index in [2.05, 4.69) is 9.88 Å². The standard InChI is InChI=1S/C28H30Cl2N4O5S2/c1-17(20-4-3-5-23(26(20)30)39-19-8-10-33(11-9-19)12-13-41(2,36)37)38-24-15-25(40-27(24)28(31)35)34-16-32-21-14-18(29)6-7-22(21)34/h3-7,14-17,19H,8-13H2,1-2H3,(H2,31,35). The highest BCUT2D eigenvalue weighted by Crippen LogP contribution is 2.39. The average molecular weight is 638 g/mol. The lowest BCUT2D eigenvalue weighted by molar-refractivity contribution is 0.0997. The monoisotopic (exact) mass is 636 g/mol. The number of benzene rings is 2. The normalized spacial score (nSPS) is 15.7. The molecule has 2 aromatic heterocycles. The summed E-state index contributed by atoms with van der Waals surface area (Å²) in [5, 5.41) is 1.74. The molecule has 0 radical (unpaired) electrons. The minimum Gasteiger partial charge on any atom is -0.489 e. The molecule has 0 saturated carbocycles. The number of amides is 1. The molecule has 1 aliphatic heterocycles. The van der Waals surface area contributed by atoms with Gasteiger partial charge in [-0.3, -0.25) is 9.36 Å². The van der Waals surface area contributed by atoms with E-state index >= 15 is 0 Å². The molecule has 1 fully saturated rings. The first-order valence-electron chi connectivity index (χ1n) is 13.1. The number of nitrogens with two attached hydrogens (primary N) is 1. The Hall–Kier alpha value is -2.83. The molecule has 0 spiro atoms. The predicted octanol–water partition coefficient (Wildman–Crippen LogP) is 5.52. The first kappa shape index (κ1) is 29.7. The first-order valence-corrected chi connectivity index (χ1v) is 16.7. The molecule has 1 atom stereocenters. The predicted molar refractivity (Wildman–Crippen MR) is 163 cm³/mol. The van der Waals surface area contributed by atoms with E-state index in [0.717, 1.165) is 42.0 Å². The van der Waals surface area contributed by atoms with Gasteiger partial charge in [-0.15, -0.1) is 11.3 Å². The minimum absolute atomic E-state index is 0.0331. The van der Waals surface area contributed by atoms with E-state index in [4.69, 9.17) is 38.4 Å². The molecule has 0 aliphatic carbocycles. The smallest absolute Gasteiger partial charge is 0.262 e. The van der Waals surface area contributed by atoms with Crippen LogP contribution in [-0.4, -0.2) is 66.5 Å². The zero-order chi connectivity index (χ0) is 29.3. The fraction of sp³-hybridized carbons (Fsp3) is 0.357. The number of carbonyl (C=O) groups excluding carboxylic acids is 1. The van der Waals surface area contributed by atoms with Crippen LogP contribution < -0.4 is 15.2 Å². The lowest BCUT2D eigenvalue weighted by Gasteiger charge is -2.32. The molecule has 1 unspecified atom stereocenters. The fourth-order valence-corrected chi connectivity index (χ4v) is 6.82. The summed E-state index contributed by atoms with van der Waals surface area (Å²) in [6.45, 7) is 3.89. The largest absolute Gasteiger partial charge is 0.489 e. The van der Waals surface area contributed by atoms with Gasteiger partial charge in [0.05, 0.1) is 21.8 Å². The second-order valence-electron chi connectivity index (χ2n) is 10.1. The van der Waals surface area contributed by atoms with Crippen LogP contribution in [-0.2, 0) is 9.84 Å². The van der Waals surface area contributed by atoms with Crippen LogP contribution in [0.2, 0.25) is 10.0 Å². The topological polar surface area (TPSA) is 117 Å². The lowest BCUT2D eigenvalue weighted by Crippen LogP contribution is -2.40. The highest BCUT2D eigenvalue weighted by molar-refractivity contribution is 7.90. The van der Waals surface area contributed by atoms with E-state index in [1.165, 1.54) is 17.6 Å². The highest BCUT2D eigenvalue weighted by Gasteiger charge is 2.25. The number of carbonyl (C=O) groups is 1. The number of hydrogen-bond donors (Lipinski definition) is 1. The number of hydrogen-bond acceptors (Lipinski definition) is 8. The second-order valence-corrected chi connectivity index (χ2v) is 14.2. The average Bonchev–Trinajstić information content (AvgIpc) is 3.52. The Morgan fingerprint density at radius 3 is 2.63 bits per heavy atom. The highest BCUT2D eigenvalue weighted by atomic mass is 35.5. The van der Waals surface area contributed by atoms with E-state index in [0.29, 0.717) is 33.7 Å². The van der Waals surface area contributed by atoms with Crippen molar-refractivity contribution in [2.24, 2.45) is 5.73 Å². The van der Waals surface area contributed by atoms with Crippen molar-refractivity contribution in [1.29, 1.82) is 0 Å². The third kappa shape index (κ3) is 6.98. The SMILES string of the molecule is CC(Oc1cc(-n2cnc3cc(Cl)ccc32)sc1C(N)=O)c1cccc(OC2CCN(CCS(C)(=O)=O)CC2)c1Cl. The number of primary amides is 1. The maximum atomic E-state index is 12.3. The number of piperidine rings is 1. The van der Waals surface area contributed by atoms with Gasteiger partial charge in [-0.2, -0.15) is 0 Å². The zero-order valence-corrected chi connectivity index (χ0v) is 25.7. The molecule has 218 valence electrons. The van der Waals surface area contributed by atoms with Crippen LogP contribution in [0.4, 0.5) is 0 Å². The number of rotatable bonds is 10. The number of imidazole rings is 1. The Kier molecular flexibility index (Phi) is 8.81. The molecular formula is C28H30Cl2N4O5S2. The molecule has 1 amide bonds. The number of aromatic nitrogens is 2. The summed E-state index contributed by atoms with van der Waals surface area (Å²) in [4.78, 5) is 19.2. The van der Waals surface area contributed by atoms with Gasteiger partial charge in [0.2, 0.25) is 0 Å². The van der Waals surface area contributed by atoms with Crippen molar-refractivity contribution in [3.05, 3.63) is 69.3 Å². The number of ether oxygens (including phenoxy) is 2. The number of sulfone groups is 1. The van der Waals surface area contributed by atoms with E-state index in [1.54, 1.807) is 24.5 Å². The molecule has 2 N–H and O–H groups in total. The number of nitrogens with zero attached hydrogens (tertiary/aromatic N) is 3. The summed E-state index contributed by atoms with van der Waals surface area (Å²) >= 11 is 14.1. The summed E-state index contributed by atoms with van der Waals surface area (Å²) in [5.41, 5.74) is 7.98. The van der Waals surface area contributed by atoms with Gasteiger partial charge in [-0.1, -0.05) is 35.3 Å². The minimum atomic E-state index is -2.99. The first-order chi connectivity index (χ1) is 19.5. The molecule has 13 heteroatoms. The zero-order valence-electron chi connectivity index (χ0n) is 22.5. The summed E-state index contributed by atoms with van der Waals surface area (Å²) in [6, 6.07) is 12.7. The summed E-state index contributed by atoms with van der Waals surface area (Å²) in [7, 11) is -2.99. The second kappa shape index (κ2) is 12.2. The van der Waals surface area contributed by atoms with Crippen LogP contribution in [0.25, 0.3) is 16.0 Å². The van der Waals surface area contributed by atoms with Crippen molar-refractivity contribution in [3.8, 4) is 16.5 Å². The van der Waals surface area contributed by atoms with E-state index in [-0.39, 0.29) is 16.7 Å². The van der Waals surface area contributed by atoms with Crippen molar-refractivity contribution in [2.75, 3.05) is 31.6 Å². The Balaban J connectivity index is 1.30. The van der Waals surface area contributed by atoms with Crippen molar-refractivity contribution in [2.45, 2.75) is 32.0 Å². The number of likely N-dealkylation sites (tertiary alicyclic amines) is 1. The van der Waals surface area contributed by atoms with Crippen molar-refractivity contribution < 1.29 is 22.7 Å². The molecule has 2 aromatic carbocycles. The third-order valence-corrected chi connectivity index (χ3v) is 9.69. The number of fused-ring (bicyclic) bond motifs is 1. The van der Waals surface area contributed by atoms with Crippen LogP contribution in [0.15, 0.2) is 48.8 Å². The quantitative estimate of drug-likeness (QED) is 0.243. The van der Waals surface area contributed by atoms with Gasteiger partial charge in [-0.05, 0) is 44.0 Å². The molecule has 0 bridgehead atoms. The van der Waals surface area contributed by atoms with Crippen LogP contribution in [0.1, 0.15) is 41.1 Å². The molecule has 3 heterocycles. The van der Waals surface area contributed by atoms with Crippen LogP contribution in [0.3, 0.4) is 0 Å². The van der Waals surface area contributed by atoms with E-state index in [1.807, 2.05) is 35.8 Å². The summed E-state index contributed by atoms with van der Waals surface area (Å²) < 4.78 is 37.3. The van der Waals surface area contributed by atoms with Gasteiger partial charge >= 0.3 is 0 Å². The van der Waals surface area contributed by atoms with Crippen LogP contribution in [0.5, 0.6) is 11.5 Å². The van der Waals surface area contributed by atoms with Crippen LogP contribution >= 0.6 is 34.5 Å². The van der Waals surface area contributed by atoms with Crippen LogP contribution in [0, 0.1) is 0 Å². The summed E-state index contributed by atoms with van der Waals surface area (Å²) in [5.74, 6) is 0.465. The number of thiophene rings is 1. The Morgan fingerprint density at radius 1 is 1.17 bits per heavy atom. The molecule has 5 rings (SSSR count). The van der Waals surface area contributed by atoms with Gasteiger partial charge in [0.15, 0.2) is 0 Å². The van der Waals surface area contributed by atoms with Crippen molar-refractivity contribution in [1.82, 2.24) is 14.5 Å². The lowest BCUT2D eigenvalue weighted by atomic mass is 10.1. The molecule has 41 heavy (non-hydrogen) atoms. The Bertz CT molecular complexity index is 1680. The number of halogens is 2. The van der Waals surface area contributed by atoms with Gasteiger partial charge < -0.3 is 20.1 Å².